The molecule has 0 aliphatic heterocycles. The van der Waals surface area contributed by atoms with Crippen LogP contribution in [0.2, 0.25) is 0 Å². The zero-order valence-electron chi connectivity index (χ0n) is 18.3. The van der Waals surface area contributed by atoms with Crippen molar-refractivity contribution < 1.29 is 23.5 Å². The monoisotopic (exact) mass is 425 g/mol. The SMILES string of the molecule is COc1ccc(-c2noc(CNC(=O)C(C)Oc3ccccc3C(C)C)n2)c(OC)c1. The summed E-state index contributed by atoms with van der Waals surface area (Å²) < 4.78 is 21.7. The van der Waals surface area contributed by atoms with Crippen LogP contribution in [0.25, 0.3) is 11.4 Å². The number of carbonyl (C=O) groups excluding carboxylic acids is 1. The summed E-state index contributed by atoms with van der Waals surface area (Å²) in [5, 5.41) is 6.75. The van der Waals surface area contributed by atoms with E-state index in [1.54, 1.807) is 39.3 Å². The van der Waals surface area contributed by atoms with Gasteiger partial charge in [-0.3, -0.25) is 4.79 Å². The first-order chi connectivity index (χ1) is 14.9. The Balaban J connectivity index is 1.62. The summed E-state index contributed by atoms with van der Waals surface area (Å²) in [5.74, 6) is 2.56. The van der Waals surface area contributed by atoms with E-state index < -0.39 is 6.10 Å². The number of para-hydroxylation sites is 1. The van der Waals surface area contributed by atoms with Gasteiger partial charge in [0.2, 0.25) is 11.7 Å². The van der Waals surface area contributed by atoms with Crippen molar-refractivity contribution >= 4 is 5.91 Å². The summed E-state index contributed by atoms with van der Waals surface area (Å²) >= 11 is 0. The van der Waals surface area contributed by atoms with E-state index >= 15 is 0 Å². The molecule has 1 atom stereocenters. The molecule has 3 aromatic rings. The lowest BCUT2D eigenvalue weighted by Gasteiger charge is -2.18. The highest BCUT2D eigenvalue weighted by Gasteiger charge is 2.19. The number of hydrogen-bond donors (Lipinski definition) is 1. The Labute approximate surface area is 181 Å². The Morgan fingerprint density at radius 1 is 1.06 bits per heavy atom. The van der Waals surface area contributed by atoms with E-state index in [4.69, 9.17) is 18.7 Å². The third-order valence-corrected chi connectivity index (χ3v) is 4.75. The highest BCUT2D eigenvalue weighted by Crippen LogP contribution is 2.31. The predicted molar refractivity (Wildman–Crippen MR) is 115 cm³/mol. The smallest absolute Gasteiger partial charge is 0.261 e. The number of carbonyl (C=O) groups is 1. The maximum Gasteiger partial charge on any atom is 0.261 e. The molecule has 3 rings (SSSR count). The Hall–Kier alpha value is -3.55. The lowest BCUT2D eigenvalue weighted by Crippen LogP contribution is -2.36. The fraction of sp³-hybridized carbons (Fsp3) is 0.348. The van der Waals surface area contributed by atoms with Gasteiger partial charge in [0.1, 0.15) is 17.2 Å². The molecule has 8 heteroatoms. The molecule has 2 aromatic carbocycles. The molecule has 0 fully saturated rings. The van der Waals surface area contributed by atoms with E-state index in [0.29, 0.717) is 34.6 Å². The summed E-state index contributed by atoms with van der Waals surface area (Å²) in [6.45, 7) is 5.95. The minimum atomic E-state index is -0.677. The molecule has 1 N–H and O–H groups in total. The molecule has 0 spiro atoms. The van der Waals surface area contributed by atoms with Gasteiger partial charge in [0.25, 0.3) is 5.91 Å². The Bertz CT molecular complexity index is 1030. The highest BCUT2D eigenvalue weighted by atomic mass is 16.5. The first-order valence-electron chi connectivity index (χ1n) is 10.0. The Morgan fingerprint density at radius 3 is 2.55 bits per heavy atom. The molecular weight excluding hydrogens is 398 g/mol. The maximum atomic E-state index is 12.5. The molecule has 0 saturated carbocycles. The standard InChI is InChI=1S/C23H27N3O5/c1-14(2)17-8-6-7-9-19(17)30-15(3)23(27)24-13-21-25-22(26-31-21)18-11-10-16(28-4)12-20(18)29-5/h6-12,14-15H,13H2,1-5H3,(H,24,27). The van der Waals surface area contributed by atoms with Crippen LogP contribution >= 0.6 is 0 Å². The van der Waals surface area contributed by atoms with Gasteiger partial charge in [-0.15, -0.1) is 0 Å². The van der Waals surface area contributed by atoms with Gasteiger partial charge >= 0.3 is 0 Å². The summed E-state index contributed by atoms with van der Waals surface area (Å²) in [7, 11) is 3.13. The van der Waals surface area contributed by atoms with Gasteiger partial charge in [-0.1, -0.05) is 37.2 Å². The van der Waals surface area contributed by atoms with E-state index in [1.165, 1.54) is 0 Å². The minimum absolute atomic E-state index is 0.0871. The molecule has 0 aliphatic rings. The lowest BCUT2D eigenvalue weighted by molar-refractivity contribution is -0.127. The molecular formula is C23H27N3O5. The van der Waals surface area contributed by atoms with Crippen molar-refractivity contribution in [3.63, 3.8) is 0 Å². The van der Waals surface area contributed by atoms with Crippen LogP contribution in [0.5, 0.6) is 17.2 Å². The van der Waals surface area contributed by atoms with Crippen molar-refractivity contribution in [2.24, 2.45) is 0 Å². The second-order valence-electron chi connectivity index (χ2n) is 7.25. The van der Waals surface area contributed by atoms with Gasteiger partial charge in [0.15, 0.2) is 6.10 Å². The minimum Gasteiger partial charge on any atom is -0.497 e. The van der Waals surface area contributed by atoms with Gasteiger partial charge in [-0.2, -0.15) is 4.98 Å². The molecule has 1 aromatic heterocycles. The molecule has 8 nitrogen and oxygen atoms in total. The van der Waals surface area contributed by atoms with Crippen LogP contribution in [-0.2, 0) is 11.3 Å². The first kappa shape index (κ1) is 22.1. The normalized spacial score (nSPS) is 11.8. The van der Waals surface area contributed by atoms with Crippen LogP contribution in [-0.4, -0.2) is 36.4 Å². The zero-order chi connectivity index (χ0) is 22.4. The number of benzene rings is 2. The van der Waals surface area contributed by atoms with Gasteiger partial charge < -0.3 is 24.1 Å². The van der Waals surface area contributed by atoms with Crippen LogP contribution in [0, 0.1) is 0 Å². The molecule has 0 saturated heterocycles. The maximum absolute atomic E-state index is 12.5. The molecule has 0 bridgehead atoms. The largest absolute Gasteiger partial charge is 0.497 e. The first-order valence-corrected chi connectivity index (χ1v) is 10.0. The van der Waals surface area contributed by atoms with Crippen molar-refractivity contribution in [1.82, 2.24) is 15.5 Å². The fourth-order valence-corrected chi connectivity index (χ4v) is 3.03. The van der Waals surface area contributed by atoms with Crippen LogP contribution in [0.15, 0.2) is 47.0 Å². The average molecular weight is 425 g/mol. The van der Waals surface area contributed by atoms with Crippen LogP contribution < -0.4 is 19.5 Å². The van der Waals surface area contributed by atoms with Crippen molar-refractivity contribution in [2.45, 2.75) is 39.3 Å². The number of hydrogen-bond acceptors (Lipinski definition) is 7. The molecule has 1 unspecified atom stereocenters. The summed E-state index contributed by atoms with van der Waals surface area (Å²) in [5.41, 5.74) is 1.71. The van der Waals surface area contributed by atoms with Crippen molar-refractivity contribution in [3.05, 3.63) is 53.9 Å². The van der Waals surface area contributed by atoms with Crippen molar-refractivity contribution in [2.75, 3.05) is 14.2 Å². The molecule has 1 heterocycles. The van der Waals surface area contributed by atoms with E-state index in [-0.39, 0.29) is 18.3 Å². The molecule has 164 valence electrons. The number of ether oxygens (including phenoxy) is 3. The van der Waals surface area contributed by atoms with Crippen LogP contribution in [0.3, 0.4) is 0 Å². The quantitative estimate of drug-likeness (QED) is 0.554. The van der Waals surface area contributed by atoms with Gasteiger partial charge in [0.05, 0.1) is 26.3 Å². The van der Waals surface area contributed by atoms with E-state index in [1.807, 2.05) is 24.3 Å². The highest BCUT2D eigenvalue weighted by molar-refractivity contribution is 5.80. The second kappa shape index (κ2) is 9.97. The predicted octanol–water partition coefficient (Wildman–Crippen LogP) is 3.96. The van der Waals surface area contributed by atoms with Gasteiger partial charge in [-0.05, 0) is 36.6 Å². The Morgan fingerprint density at radius 2 is 1.84 bits per heavy atom. The fourth-order valence-electron chi connectivity index (χ4n) is 3.03. The summed E-state index contributed by atoms with van der Waals surface area (Å²) in [6, 6.07) is 13.0. The lowest BCUT2D eigenvalue weighted by atomic mass is 10.0. The van der Waals surface area contributed by atoms with Crippen LogP contribution in [0.4, 0.5) is 0 Å². The number of rotatable bonds is 9. The van der Waals surface area contributed by atoms with Gasteiger partial charge in [-0.25, -0.2) is 0 Å². The number of nitrogens with one attached hydrogen (secondary N) is 1. The number of methoxy groups -OCH3 is 2. The number of aromatic nitrogens is 2. The number of nitrogens with zero attached hydrogens (tertiary/aromatic N) is 2. The zero-order valence-corrected chi connectivity index (χ0v) is 18.3. The van der Waals surface area contributed by atoms with Crippen molar-refractivity contribution in [3.8, 4) is 28.6 Å². The molecule has 1 amide bonds. The third kappa shape index (κ3) is 5.33. The molecule has 31 heavy (non-hydrogen) atoms. The van der Waals surface area contributed by atoms with Crippen LogP contribution in [0.1, 0.15) is 38.1 Å². The summed E-state index contributed by atoms with van der Waals surface area (Å²) in [4.78, 5) is 16.8. The van der Waals surface area contributed by atoms with E-state index in [2.05, 4.69) is 29.3 Å². The molecule has 0 radical (unpaired) electrons. The average Bonchev–Trinajstić information content (AvgIpc) is 3.25. The van der Waals surface area contributed by atoms with Crippen molar-refractivity contribution in [1.29, 1.82) is 0 Å². The van der Waals surface area contributed by atoms with E-state index in [0.717, 1.165) is 5.56 Å². The second-order valence-corrected chi connectivity index (χ2v) is 7.25. The molecule has 0 aliphatic carbocycles. The third-order valence-electron chi connectivity index (χ3n) is 4.75. The number of amides is 1. The van der Waals surface area contributed by atoms with E-state index in [9.17, 15) is 4.79 Å². The summed E-state index contributed by atoms with van der Waals surface area (Å²) in [6.07, 6.45) is -0.677. The van der Waals surface area contributed by atoms with Gasteiger partial charge in [0, 0.05) is 6.07 Å². The Kier molecular flexibility index (Phi) is 7.12. The topological polar surface area (TPSA) is 95.7 Å².